The molecule has 10 heavy (non-hydrogen) atoms. The van der Waals surface area contributed by atoms with Crippen molar-refractivity contribution in [2.45, 2.75) is 24.6 Å². The predicted molar refractivity (Wildman–Crippen MR) is 43.9 cm³/mol. The molecule has 0 aromatic carbocycles. The fourth-order valence-corrected chi connectivity index (χ4v) is 2.33. The molecule has 1 aliphatic heterocycles. The second-order valence-corrected chi connectivity index (χ2v) is 4.09. The smallest absolute Gasteiger partial charge is 0.0843 e. The van der Waals surface area contributed by atoms with Crippen molar-refractivity contribution >= 4 is 11.8 Å². The number of nitrogens with one attached hydrogen (secondary N) is 1. The standard InChI is InChI=1S/C7H12N2S/c1-6-4-7(5-10-6)9-3-2-8/h6-7,9H,3-5H2,1H3. The lowest BCUT2D eigenvalue weighted by molar-refractivity contribution is 0.573. The third-order valence-electron chi connectivity index (χ3n) is 1.67. The lowest BCUT2D eigenvalue weighted by atomic mass is 10.2. The summed E-state index contributed by atoms with van der Waals surface area (Å²) in [6.45, 7) is 2.73. The van der Waals surface area contributed by atoms with Gasteiger partial charge in [0, 0.05) is 17.0 Å². The summed E-state index contributed by atoms with van der Waals surface area (Å²) in [5.74, 6) is 1.17. The van der Waals surface area contributed by atoms with Crippen molar-refractivity contribution in [2.24, 2.45) is 0 Å². The van der Waals surface area contributed by atoms with E-state index in [-0.39, 0.29) is 0 Å². The summed E-state index contributed by atoms with van der Waals surface area (Å²) >= 11 is 1.98. The van der Waals surface area contributed by atoms with Crippen LogP contribution in [-0.4, -0.2) is 23.6 Å². The lowest BCUT2D eigenvalue weighted by Gasteiger charge is -2.06. The SMILES string of the molecule is CC1CC(NCC#N)CS1. The van der Waals surface area contributed by atoms with Crippen LogP contribution < -0.4 is 5.32 Å². The first kappa shape index (κ1) is 7.90. The summed E-state index contributed by atoms with van der Waals surface area (Å²) in [5, 5.41) is 12.2. The summed E-state index contributed by atoms with van der Waals surface area (Å²) in [5.41, 5.74) is 0. The fourth-order valence-electron chi connectivity index (χ4n) is 1.15. The minimum Gasteiger partial charge on any atom is -0.301 e. The van der Waals surface area contributed by atoms with Crippen LogP contribution in [-0.2, 0) is 0 Å². The van der Waals surface area contributed by atoms with Crippen LogP contribution in [0.2, 0.25) is 0 Å². The van der Waals surface area contributed by atoms with Gasteiger partial charge in [-0.1, -0.05) is 6.92 Å². The summed E-state index contributed by atoms with van der Waals surface area (Å²) in [4.78, 5) is 0. The Labute approximate surface area is 66.0 Å². The van der Waals surface area contributed by atoms with E-state index in [1.165, 1.54) is 12.2 Å². The number of nitrogens with zero attached hydrogens (tertiary/aromatic N) is 1. The van der Waals surface area contributed by atoms with Crippen LogP contribution in [0.3, 0.4) is 0 Å². The zero-order valence-corrected chi connectivity index (χ0v) is 6.95. The molecule has 0 radical (unpaired) electrons. The molecule has 1 aliphatic rings. The first-order chi connectivity index (χ1) is 4.83. The van der Waals surface area contributed by atoms with E-state index in [1.54, 1.807) is 0 Å². The topological polar surface area (TPSA) is 35.8 Å². The number of nitriles is 1. The van der Waals surface area contributed by atoms with Crippen molar-refractivity contribution < 1.29 is 0 Å². The third kappa shape index (κ3) is 2.20. The number of hydrogen-bond donors (Lipinski definition) is 1. The van der Waals surface area contributed by atoms with Gasteiger partial charge in [0.25, 0.3) is 0 Å². The molecule has 0 amide bonds. The zero-order valence-electron chi connectivity index (χ0n) is 6.13. The van der Waals surface area contributed by atoms with Crippen LogP contribution in [0.4, 0.5) is 0 Å². The Hall–Kier alpha value is -0.200. The third-order valence-corrected chi connectivity index (χ3v) is 3.02. The second-order valence-electron chi connectivity index (χ2n) is 2.62. The van der Waals surface area contributed by atoms with Gasteiger partial charge in [-0.05, 0) is 6.42 Å². The van der Waals surface area contributed by atoms with Crippen molar-refractivity contribution in [3.8, 4) is 6.07 Å². The molecule has 1 saturated heterocycles. The minimum atomic E-state index is 0.498. The Morgan fingerprint density at radius 2 is 2.60 bits per heavy atom. The maximum absolute atomic E-state index is 8.27. The Morgan fingerprint density at radius 1 is 1.80 bits per heavy atom. The van der Waals surface area contributed by atoms with Gasteiger partial charge in [-0.2, -0.15) is 17.0 Å². The van der Waals surface area contributed by atoms with E-state index in [1.807, 2.05) is 11.8 Å². The van der Waals surface area contributed by atoms with Crippen molar-refractivity contribution in [3.05, 3.63) is 0 Å². The largest absolute Gasteiger partial charge is 0.301 e. The quantitative estimate of drug-likeness (QED) is 0.606. The molecule has 56 valence electrons. The van der Waals surface area contributed by atoms with Crippen LogP contribution >= 0.6 is 11.8 Å². The number of rotatable bonds is 2. The van der Waals surface area contributed by atoms with Gasteiger partial charge < -0.3 is 5.32 Å². The number of hydrogen-bond acceptors (Lipinski definition) is 3. The first-order valence-corrected chi connectivity index (χ1v) is 4.59. The van der Waals surface area contributed by atoms with Crippen LogP contribution in [0.15, 0.2) is 0 Å². The molecule has 0 aromatic rings. The molecule has 0 bridgehead atoms. The van der Waals surface area contributed by atoms with E-state index in [2.05, 4.69) is 18.3 Å². The highest BCUT2D eigenvalue weighted by Gasteiger charge is 2.20. The Kier molecular flexibility index (Phi) is 3.04. The molecule has 0 aromatic heterocycles. The van der Waals surface area contributed by atoms with Gasteiger partial charge >= 0.3 is 0 Å². The van der Waals surface area contributed by atoms with E-state index >= 15 is 0 Å². The molecule has 1 rings (SSSR count). The van der Waals surface area contributed by atoms with Gasteiger partial charge in [0.05, 0.1) is 12.6 Å². The maximum Gasteiger partial charge on any atom is 0.0843 e. The fraction of sp³-hybridized carbons (Fsp3) is 0.857. The molecule has 1 N–H and O–H groups in total. The lowest BCUT2D eigenvalue weighted by Crippen LogP contribution is -2.29. The monoisotopic (exact) mass is 156 g/mol. The summed E-state index contributed by atoms with van der Waals surface area (Å²) < 4.78 is 0. The van der Waals surface area contributed by atoms with Gasteiger partial charge in [-0.15, -0.1) is 0 Å². The molecule has 2 atom stereocenters. The highest BCUT2D eigenvalue weighted by Crippen LogP contribution is 2.25. The van der Waals surface area contributed by atoms with Gasteiger partial charge in [0.2, 0.25) is 0 Å². The Balaban J connectivity index is 2.14. The summed E-state index contributed by atoms with van der Waals surface area (Å²) in [6.07, 6.45) is 1.21. The van der Waals surface area contributed by atoms with E-state index in [0.717, 1.165) is 5.25 Å². The first-order valence-electron chi connectivity index (χ1n) is 3.55. The van der Waals surface area contributed by atoms with E-state index in [0.29, 0.717) is 12.6 Å². The van der Waals surface area contributed by atoms with Gasteiger partial charge in [0.1, 0.15) is 0 Å². The van der Waals surface area contributed by atoms with Crippen LogP contribution in [0, 0.1) is 11.3 Å². The average Bonchev–Trinajstić information content (AvgIpc) is 2.31. The van der Waals surface area contributed by atoms with Crippen LogP contribution in [0.25, 0.3) is 0 Å². The second kappa shape index (κ2) is 3.85. The molecule has 3 heteroatoms. The molecule has 0 aliphatic carbocycles. The molecule has 1 heterocycles. The van der Waals surface area contributed by atoms with E-state index < -0.39 is 0 Å². The molecule has 0 saturated carbocycles. The molecule has 2 unspecified atom stereocenters. The van der Waals surface area contributed by atoms with Crippen LogP contribution in [0.5, 0.6) is 0 Å². The van der Waals surface area contributed by atoms with Gasteiger partial charge in [0.15, 0.2) is 0 Å². The van der Waals surface area contributed by atoms with Crippen molar-refractivity contribution in [1.82, 2.24) is 5.32 Å². The Bertz CT molecular complexity index is 141. The predicted octanol–water partition coefficient (Wildman–Crippen LogP) is 0.994. The van der Waals surface area contributed by atoms with Crippen molar-refractivity contribution in [1.29, 1.82) is 5.26 Å². The normalized spacial score (nSPS) is 32.0. The highest BCUT2D eigenvalue weighted by molar-refractivity contribution is 8.00. The van der Waals surface area contributed by atoms with Gasteiger partial charge in [-0.25, -0.2) is 0 Å². The molecule has 1 fully saturated rings. The maximum atomic E-state index is 8.27. The molecular weight excluding hydrogens is 144 g/mol. The van der Waals surface area contributed by atoms with Crippen molar-refractivity contribution in [2.75, 3.05) is 12.3 Å². The van der Waals surface area contributed by atoms with E-state index in [9.17, 15) is 0 Å². The van der Waals surface area contributed by atoms with Crippen molar-refractivity contribution in [3.63, 3.8) is 0 Å². The molecule has 2 nitrogen and oxygen atoms in total. The Morgan fingerprint density at radius 3 is 3.10 bits per heavy atom. The highest BCUT2D eigenvalue weighted by atomic mass is 32.2. The molecular formula is C7H12N2S. The summed E-state index contributed by atoms with van der Waals surface area (Å²) in [7, 11) is 0. The summed E-state index contributed by atoms with van der Waals surface area (Å²) in [6, 6.07) is 2.67. The van der Waals surface area contributed by atoms with Gasteiger partial charge in [-0.3, -0.25) is 0 Å². The minimum absolute atomic E-state index is 0.498. The van der Waals surface area contributed by atoms with Crippen LogP contribution in [0.1, 0.15) is 13.3 Å². The average molecular weight is 156 g/mol. The van der Waals surface area contributed by atoms with E-state index in [4.69, 9.17) is 5.26 Å². The zero-order chi connectivity index (χ0) is 7.40. The number of thioether (sulfide) groups is 1. The molecule has 0 spiro atoms.